The van der Waals surface area contributed by atoms with Gasteiger partial charge in [-0.05, 0) is 38.9 Å². The number of likely N-dealkylation sites (tertiary alicyclic amines) is 1. The molecule has 0 aromatic heterocycles. The van der Waals surface area contributed by atoms with Crippen molar-refractivity contribution in [3.05, 3.63) is 27.2 Å². The van der Waals surface area contributed by atoms with Crippen LogP contribution in [0.2, 0.25) is 15.1 Å². The van der Waals surface area contributed by atoms with Crippen LogP contribution in [-0.4, -0.2) is 54.9 Å². The maximum atomic E-state index is 11.7. The van der Waals surface area contributed by atoms with Crippen molar-refractivity contribution in [1.82, 2.24) is 4.90 Å². The van der Waals surface area contributed by atoms with Gasteiger partial charge in [-0.15, -0.1) is 0 Å². The molecule has 1 fully saturated rings. The number of benzene rings is 1. The van der Waals surface area contributed by atoms with Gasteiger partial charge in [-0.2, -0.15) is 0 Å². The Morgan fingerprint density at radius 2 is 1.88 bits per heavy atom. The van der Waals surface area contributed by atoms with Crippen LogP contribution in [0, 0.1) is 5.92 Å². The molecule has 0 bridgehead atoms. The van der Waals surface area contributed by atoms with Crippen molar-refractivity contribution in [1.29, 1.82) is 0 Å². The van der Waals surface area contributed by atoms with Crippen LogP contribution in [0.1, 0.15) is 19.8 Å². The number of halogens is 3. The first kappa shape index (κ1) is 20.6. The summed E-state index contributed by atoms with van der Waals surface area (Å²) in [5.41, 5.74) is 0. The number of carbonyl (C=O) groups is 1. The predicted molar refractivity (Wildman–Crippen MR) is 98.8 cm³/mol. The van der Waals surface area contributed by atoms with Crippen molar-refractivity contribution in [3.63, 3.8) is 0 Å². The number of esters is 1. The van der Waals surface area contributed by atoms with Gasteiger partial charge >= 0.3 is 5.97 Å². The zero-order valence-electron chi connectivity index (χ0n) is 14.0. The molecule has 1 aromatic carbocycles. The third-order valence-electron chi connectivity index (χ3n) is 4.08. The Labute approximate surface area is 162 Å². The second-order valence-electron chi connectivity index (χ2n) is 5.99. The molecule has 0 aliphatic carbocycles. The lowest BCUT2D eigenvalue weighted by Gasteiger charge is -2.32. The quantitative estimate of drug-likeness (QED) is 0.549. The van der Waals surface area contributed by atoms with Gasteiger partial charge in [0.25, 0.3) is 0 Å². The molecule has 1 N–H and O–H groups in total. The molecule has 1 saturated heterocycles. The summed E-state index contributed by atoms with van der Waals surface area (Å²) in [4.78, 5) is 13.8. The Balaban J connectivity index is 1.75. The molecule has 140 valence electrons. The lowest BCUT2D eigenvalue weighted by Crippen LogP contribution is -2.42. The van der Waals surface area contributed by atoms with Crippen LogP contribution >= 0.6 is 34.8 Å². The molecule has 0 amide bonds. The SMILES string of the molecule is CCOC(=O)C1CCN(C[C@@H](O)COc2cc(Cl)c(Cl)cc2Cl)CC1. The van der Waals surface area contributed by atoms with Crippen molar-refractivity contribution >= 4 is 40.8 Å². The molecule has 0 spiro atoms. The first-order chi connectivity index (χ1) is 11.9. The molecular formula is C17H22Cl3NO4. The van der Waals surface area contributed by atoms with Crippen molar-refractivity contribution in [2.24, 2.45) is 5.92 Å². The van der Waals surface area contributed by atoms with Crippen molar-refractivity contribution < 1.29 is 19.4 Å². The number of rotatable bonds is 7. The highest BCUT2D eigenvalue weighted by Crippen LogP contribution is 2.33. The summed E-state index contributed by atoms with van der Waals surface area (Å²) in [6.07, 6.45) is 0.806. The summed E-state index contributed by atoms with van der Waals surface area (Å²) in [5, 5.41) is 11.2. The molecule has 0 unspecified atom stereocenters. The number of ether oxygens (including phenoxy) is 2. The molecule has 1 aliphatic rings. The molecule has 2 rings (SSSR count). The smallest absolute Gasteiger partial charge is 0.309 e. The van der Waals surface area contributed by atoms with E-state index in [4.69, 9.17) is 44.3 Å². The Morgan fingerprint density at radius 1 is 1.24 bits per heavy atom. The first-order valence-corrected chi connectivity index (χ1v) is 9.38. The Morgan fingerprint density at radius 3 is 2.52 bits per heavy atom. The van der Waals surface area contributed by atoms with Gasteiger partial charge in [-0.1, -0.05) is 34.8 Å². The summed E-state index contributed by atoms with van der Waals surface area (Å²) in [5.74, 6) is 0.219. The van der Waals surface area contributed by atoms with Gasteiger partial charge in [0.05, 0.1) is 27.6 Å². The largest absolute Gasteiger partial charge is 0.489 e. The highest BCUT2D eigenvalue weighted by Gasteiger charge is 2.26. The van der Waals surface area contributed by atoms with Gasteiger partial charge in [0.1, 0.15) is 18.5 Å². The van der Waals surface area contributed by atoms with E-state index in [9.17, 15) is 9.90 Å². The molecular weight excluding hydrogens is 389 g/mol. The summed E-state index contributed by atoms with van der Waals surface area (Å²) in [6.45, 7) is 4.27. The maximum absolute atomic E-state index is 11.7. The minimum atomic E-state index is -0.676. The number of hydrogen-bond donors (Lipinski definition) is 1. The van der Waals surface area contributed by atoms with Crippen LogP contribution in [0.15, 0.2) is 12.1 Å². The van der Waals surface area contributed by atoms with E-state index in [1.165, 1.54) is 12.1 Å². The van der Waals surface area contributed by atoms with Crippen molar-refractivity contribution in [3.8, 4) is 5.75 Å². The Bertz CT molecular complexity index is 592. The van der Waals surface area contributed by atoms with Crippen molar-refractivity contribution in [2.75, 3.05) is 32.8 Å². The number of nitrogens with zero attached hydrogens (tertiary/aromatic N) is 1. The fourth-order valence-corrected chi connectivity index (χ4v) is 3.35. The van der Waals surface area contributed by atoms with Crippen molar-refractivity contribution in [2.45, 2.75) is 25.9 Å². The van der Waals surface area contributed by atoms with Gasteiger partial charge in [0.2, 0.25) is 0 Å². The molecule has 25 heavy (non-hydrogen) atoms. The molecule has 5 nitrogen and oxygen atoms in total. The van der Waals surface area contributed by atoms with Crippen LogP contribution < -0.4 is 4.74 Å². The highest BCUT2D eigenvalue weighted by atomic mass is 35.5. The summed E-state index contributed by atoms with van der Waals surface area (Å²) >= 11 is 17.9. The lowest BCUT2D eigenvalue weighted by molar-refractivity contribution is -0.149. The summed E-state index contributed by atoms with van der Waals surface area (Å²) in [6, 6.07) is 3.04. The second kappa shape index (κ2) is 9.83. The van der Waals surface area contributed by atoms with Gasteiger partial charge in [-0.25, -0.2) is 0 Å². The zero-order chi connectivity index (χ0) is 18.4. The van der Waals surface area contributed by atoms with Crippen LogP contribution in [0.4, 0.5) is 0 Å². The van der Waals surface area contributed by atoms with Crippen LogP contribution in [0.5, 0.6) is 5.75 Å². The number of aliphatic hydroxyl groups is 1. The summed E-state index contributed by atoms with van der Waals surface area (Å²) in [7, 11) is 0. The molecule has 1 atom stereocenters. The van der Waals surface area contributed by atoms with Gasteiger partial charge < -0.3 is 19.5 Å². The van der Waals surface area contributed by atoms with E-state index in [1.54, 1.807) is 0 Å². The number of β-amino-alcohol motifs (C(OH)–C–C–N with tert-alkyl or cyclic N) is 1. The third-order valence-corrected chi connectivity index (χ3v) is 5.10. The zero-order valence-corrected chi connectivity index (χ0v) is 16.3. The highest BCUT2D eigenvalue weighted by molar-refractivity contribution is 6.43. The van der Waals surface area contributed by atoms with E-state index < -0.39 is 6.10 Å². The molecule has 1 aliphatic heterocycles. The molecule has 0 radical (unpaired) electrons. The van der Waals surface area contributed by atoms with Gasteiger partial charge in [-0.3, -0.25) is 4.79 Å². The van der Waals surface area contributed by atoms with E-state index in [2.05, 4.69) is 4.90 Å². The molecule has 0 saturated carbocycles. The molecule has 1 heterocycles. The van der Waals surface area contributed by atoms with E-state index in [0.717, 1.165) is 25.9 Å². The average molecular weight is 411 g/mol. The van der Waals surface area contributed by atoms with E-state index in [-0.39, 0.29) is 18.5 Å². The Kier molecular flexibility index (Phi) is 8.10. The number of carbonyl (C=O) groups excluding carboxylic acids is 1. The Hall–Kier alpha value is -0.720. The van der Waals surface area contributed by atoms with Crippen LogP contribution in [0.25, 0.3) is 0 Å². The lowest BCUT2D eigenvalue weighted by atomic mass is 9.97. The third kappa shape index (κ3) is 6.19. The first-order valence-electron chi connectivity index (χ1n) is 8.25. The fourth-order valence-electron chi connectivity index (χ4n) is 2.76. The van der Waals surface area contributed by atoms with Crippen LogP contribution in [0.3, 0.4) is 0 Å². The normalized spacial score (nSPS) is 17.3. The summed E-state index contributed by atoms with van der Waals surface area (Å²) < 4.78 is 10.6. The maximum Gasteiger partial charge on any atom is 0.309 e. The number of piperidine rings is 1. The molecule has 8 heteroatoms. The van der Waals surface area contributed by atoms with E-state index in [1.807, 2.05) is 6.92 Å². The van der Waals surface area contributed by atoms with E-state index in [0.29, 0.717) is 34.0 Å². The second-order valence-corrected chi connectivity index (χ2v) is 7.21. The average Bonchev–Trinajstić information content (AvgIpc) is 2.58. The molecule has 1 aromatic rings. The van der Waals surface area contributed by atoms with E-state index >= 15 is 0 Å². The standard InChI is InChI=1S/C17H22Cl3NO4/c1-2-24-17(23)11-3-5-21(6-4-11)9-12(22)10-25-16-8-14(19)13(18)7-15(16)20/h7-8,11-12,22H,2-6,9-10H2,1H3/t12-/m1/s1. The van der Waals surface area contributed by atoms with Gasteiger partial charge in [0.15, 0.2) is 0 Å². The predicted octanol–water partition coefficient (Wildman–Crippen LogP) is 3.66. The fraction of sp³-hybridized carbons (Fsp3) is 0.588. The van der Waals surface area contributed by atoms with Gasteiger partial charge in [0, 0.05) is 12.6 Å². The minimum Gasteiger partial charge on any atom is -0.489 e. The van der Waals surface area contributed by atoms with Crippen LogP contribution in [-0.2, 0) is 9.53 Å². The minimum absolute atomic E-state index is 0.0420. The number of hydrogen-bond acceptors (Lipinski definition) is 5. The number of aliphatic hydroxyl groups excluding tert-OH is 1. The monoisotopic (exact) mass is 409 g/mol. The topological polar surface area (TPSA) is 59.0 Å².